The fourth-order valence-corrected chi connectivity index (χ4v) is 4.99. The number of anilines is 1. The third-order valence-corrected chi connectivity index (χ3v) is 6.50. The average Bonchev–Trinajstić information content (AvgIpc) is 3.38. The number of ether oxygens (including phenoxy) is 1. The number of aromatic nitrogens is 2. The van der Waals surface area contributed by atoms with Gasteiger partial charge in [-0.1, -0.05) is 29.8 Å². The maximum Gasteiger partial charge on any atom is 0.341 e. The minimum atomic E-state index is -0.563. The molecule has 0 saturated carbocycles. The molecule has 1 amide bonds. The summed E-state index contributed by atoms with van der Waals surface area (Å²) < 4.78 is 6.43. The van der Waals surface area contributed by atoms with E-state index in [9.17, 15) is 14.4 Å². The summed E-state index contributed by atoms with van der Waals surface area (Å²) >= 11 is 8.86. The van der Waals surface area contributed by atoms with E-state index in [1.807, 2.05) is 6.07 Å². The van der Waals surface area contributed by atoms with Crippen LogP contribution < -0.4 is 10.9 Å². The fourth-order valence-electron chi connectivity index (χ4n) is 3.06. The Labute approximate surface area is 189 Å². The van der Waals surface area contributed by atoms with Crippen molar-refractivity contribution in [2.75, 3.05) is 11.9 Å². The topological polar surface area (TPSA) is 90.3 Å². The third-order valence-electron chi connectivity index (χ3n) is 4.45. The number of nitrogens with zero attached hydrogens (tertiary/aromatic N) is 2. The first-order chi connectivity index (χ1) is 15.0. The molecule has 4 rings (SSSR count). The number of fused-ring (bicyclic) bond motifs is 1. The minimum Gasteiger partial charge on any atom is -0.462 e. The van der Waals surface area contributed by atoms with E-state index < -0.39 is 11.9 Å². The Bertz CT molecular complexity index is 1340. The van der Waals surface area contributed by atoms with Gasteiger partial charge in [-0.05, 0) is 24.4 Å². The Kier molecular flexibility index (Phi) is 6.17. The van der Waals surface area contributed by atoms with Crippen molar-refractivity contribution < 1.29 is 14.3 Å². The van der Waals surface area contributed by atoms with Gasteiger partial charge in [0.25, 0.3) is 5.56 Å². The molecule has 1 N–H and O–H groups in total. The second-order valence-corrected chi connectivity index (χ2v) is 8.60. The lowest BCUT2D eigenvalue weighted by molar-refractivity contribution is -0.116. The number of benzene rings is 1. The van der Waals surface area contributed by atoms with Crippen LogP contribution in [0.2, 0.25) is 5.02 Å². The van der Waals surface area contributed by atoms with Crippen LogP contribution in [0.4, 0.5) is 5.00 Å². The van der Waals surface area contributed by atoms with E-state index in [-0.39, 0.29) is 24.3 Å². The summed E-state index contributed by atoms with van der Waals surface area (Å²) in [6.07, 6.45) is 1.34. The van der Waals surface area contributed by atoms with Gasteiger partial charge in [-0.15, -0.1) is 22.7 Å². The Balaban J connectivity index is 1.65. The Morgan fingerprint density at radius 1 is 1.19 bits per heavy atom. The second-order valence-electron chi connectivity index (χ2n) is 6.42. The highest BCUT2D eigenvalue weighted by Crippen LogP contribution is 2.39. The van der Waals surface area contributed by atoms with E-state index in [0.717, 1.165) is 0 Å². The number of hydrogen-bond donors (Lipinski definition) is 1. The standard InChI is InChI=1S/C21H16ClN3O4S2/c1-2-29-21(28)17-14(12-5-3-4-6-15(12)22)10-31-19(17)24-16(26)9-25-11-23-18-13(20(25)27)7-8-30-18/h3-8,10-11H,2,9H2,1H3,(H,24,26). The van der Waals surface area contributed by atoms with Gasteiger partial charge in [0.2, 0.25) is 5.91 Å². The molecule has 0 bridgehead atoms. The van der Waals surface area contributed by atoms with E-state index in [1.165, 1.54) is 33.6 Å². The zero-order valence-electron chi connectivity index (χ0n) is 16.3. The third kappa shape index (κ3) is 4.25. The monoisotopic (exact) mass is 473 g/mol. The van der Waals surface area contributed by atoms with Crippen LogP contribution in [0, 0.1) is 0 Å². The average molecular weight is 474 g/mol. The number of carbonyl (C=O) groups is 2. The van der Waals surface area contributed by atoms with Gasteiger partial charge in [-0.2, -0.15) is 0 Å². The van der Waals surface area contributed by atoms with Crippen molar-refractivity contribution in [3.63, 3.8) is 0 Å². The van der Waals surface area contributed by atoms with Crippen LogP contribution >= 0.6 is 34.3 Å². The molecule has 0 aliphatic rings. The van der Waals surface area contributed by atoms with Crippen LogP contribution in [0.25, 0.3) is 21.3 Å². The first-order valence-corrected chi connectivity index (χ1v) is 11.4. The molecule has 31 heavy (non-hydrogen) atoms. The van der Waals surface area contributed by atoms with Gasteiger partial charge in [0.05, 0.1) is 18.3 Å². The van der Waals surface area contributed by atoms with E-state index in [4.69, 9.17) is 16.3 Å². The lowest BCUT2D eigenvalue weighted by Gasteiger charge is -2.10. The van der Waals surface area contributed by atoms with Crippen molar-refractivity contribution in [1.82, 2.24) is 9.55 Å². The van der Waals surface area contributed by atoms with Crippen molar-refractivity contribution in [3.8, 4) is 11.1 Å². The minimum absolute atomic E-state index is 0.186. The predicted molar refractivity (Wildman–Crippen MR) is 123 cm³/mol. The lowest BCUT2D eigenvalue weighted by atomic mass is 10.0. The Morgan fingerprint density at radius 3 is 2.77 bits per heavy atom. The molecule has 3 aromatic heterocycles. The summed E-state index contributed by atoms with van der Waals surface area (Å²) in [5, 5.41) is 7.52. The molecule has 4 aromatic rings. The summed E-state index contributed by atoms with van der Waals surface area (Å²) in [5.74, 6) is -1.02. The van der Waals surface area contributed by atoms with Crippen molar-refractivity contribution in [3.05, 3.63) is 68.4 Å². The van der Waals surface area contributed by atoms with Crippen LogP contribution in [0.15, 0.2) is 52.2 Å². The molecule has 0 aliphatic heterocycles. The summed E-state index contributed by atoms with van der Waals surface area (Å²) in [4.78, 5) is 42.7. The van der Waals surface area contributed by atoms with Gasteiger partial charge < -0.3 is 10.1 Å². The van der Waals surface area contributed by atoms with Crippen molar-refractivity contribution >= 4 is 61.4 Å². The smallest absolute Gasteiger partial charge is 0.341 e. The number of thiophene rings is 2. The zero-order chi connectivity index (χ0) is 22.0. The molecule has 0 radical (unpaired) electrons. The first kappa shape index (κ1) is 21.2. The molecule has 0 fully saturated rings. The molecular formula is C21H16ClN3O4S2. The quantitative estimate of drug-likeness (QED) is 0.411. The summed E-state index contributed by atoms with van der Waals surface area (Å²) in [6, 6.07) is 8.80. The molecule has 3 heterocycles. The summed E-state index contributed by atoms with van der Waals surface area (Å²) in [6.45, 7) is 1.66. The molecule has 1 aromatic carbocycles. The van der Waals surface area contributed by atoms with Gasteiger partial charge in [0.1, 0.15) is 21.9 Å². The molecule has 0 saturated heterocycles. The molecule has 10 heteroatoms. The maximum atomic E-state index is 12.7. The molecule has 7 nitrogen and oxygen atoms in total. The summed E-state index contributed by atoms with van der Waals surface area (Å²) in [5.41, 5.74) is 1.16. The number of nitrogens with one attached hydrogen (secondary N) is 1. The van der Waals surface area contributed by atoms with Gasteiger partial charge in [-0.25, -0.2) is 9.78 Å². The Hall–Kier alpha value is -3.01. The van der Waals surface area contributed by atoms with Crippen molar-refractivity contribution in [1.29, 1.82) is 0 Å². The van der Waals surface area contributed by atoms with Crippen LogP contribution in [0.5, 0.6) is 0 Å². The lowest BCUT2D eigenvalue weighted by Crippen LogP contribution is -2.27. The summed E-state index contributed by atoms with van der Waals surface area (Å²) in [7, 11) is 0. The van der Waals surface area contributed by atoms with Crippen LogP contribution in [0.3, 0.4) is 0 Å². The molecule has 0 atom stereocenters. The van der Waals surface area contributed by atoms with Gasteiger partial charge in [0.15, 0.2) is 0 Å². The van der Waals surface area contributed by atoms with E-state index in [2.05, 4.69) is 10.3 Å². The first-order valence-electron chi connectivity index (χ1n) is 9.25. The van der Waals surface area contributed by atoms with Crippen LogP contribution in [0.1, 0.15) is 17.3 Å². The van der Waals surface area contributed by atoms with E-state index >= 15 is 0 Å². The molecule has 158 valence electrons. The highest BCUT2D eigenvalue weighted by atomic mass is 35.5. The van der Waals surface area contributed by atoms with Gasteiger partial charge >= 0.3 is 5.97 Å². The normalized spacial score (nSPS) is 10.9. The fraction of sp³-hybridized carbons (Fsp3) is 0.143. The SMILES string of the molecule is CCOC(=O)c1c(-c2ccccc2Cl)csc1NC(=O)Cn1cnc2sccc2c1=O. The van der Waals surface area contributed by atoms with Gasteiger partial charge in [0, 0.05) is 21.5 Å². The number of amides is 1. The van der Waals surface area contributed by atoms with Crippen LogP contribution in [-0.2, 0) is 16.1 Å². The largest absolute Gasteiger partial charge is 0.462 e. The zero-order valence-corrected chi connectivity index (χ0v) is 18.6. The number of hydrogen-bond acceptors (Lipinski definition) is 7. The second kappa shape index (κ2) is 9.01. The molecule has 0 aliphatic carbocycles. The maximum absolute atomic E-state index is 12.7. The highest BCUT2D eigenvalue weighted by molar-refractivity contribution is 7.16. The number of carbonyl (C=O) groups excluding carboxylic acids is 2. The Morgan fingerprint density at radius 2 is 2.00 bits per heavy atom. The van der Waals surface area contributed by atoms with Crippen LogP contribution in [-0.4, -0.2) is 28.0 Å². The molecular weight excluding hydrogens is 458 g/mol. The number of esters is 1. The molecule has 0 unspecified atom stereocenters. The van der Waals surface area contributed by atoms with Gasteiger partial charge in [-0.3, -0.25) is 14.2 Å². The van der Waals surface area contributed by atoms with E-state index in [0.29, 0.717) is 31.4 Å². The number of rotatable bonds is 6. The highest BCUT2D eigenvalue weighted by Gasteiger charge is 2.24. The van der Waals surface area contributed by atoms with E-state index in [1.54, 1.807) is 41.9 Å². The number of halogens is 1. The predicted octanol–water partition coefficient (Wildman–Crippen LogP) is 4.66. The molecule has 0 spiro atoms. The van der Waals surface area contributed by atoms with Crippen molar-refractivity contribution in [2.24, 2.45) is 0 Å². The van der Waals surface area contributed by atoms with Crippen molar-refractivity contribution in [2.45, 2.75) is 13.5 Å².